The summed E-state index contributed by atoms with van der Waals surface area (Å²) in [6.45, 7) is 11.6. The molecule has 1 aromatic heterocycles. The van der Waals surface area contributed by atoms with Gasteiger partial charge < -0.3 is 29.4 Å². The zero-order valence-electron chi connectivity index (χ0n) is 22.5. The van der Waals surface area contributed by atoms with Crippen molar-refractivity contribution >= 4 is 24.0 Å². The van der Waals surface area contributed by atoms with E-state index in [2.05, 4.69) is 136 Å². The van der Waals surface area contributed by atoms with Crippen LogP contribution in [0, 0.1) is 13.8 Å². The number of hydrogen-bond donors (Lipinski definition) is 0. The number of halogens is 2. The monoisotopic (exact) mass is 630 g/mol. The van der Waals surface area contributed by atoms with Crippen LogP contribution in [0.1, 0.15) is 34.8 Å². The zero-order chi connectivity index (χ0) is 24.3. The Morgan fingerprint density at radius 3 is 2.13 bits per heavy atom. The van der Waals surface area contributed by atoms with Gasteiger partial charge in [-0.25, -0.2) is 0 Å². The smallest absolute Gasteiger partial charge is 1.00 e. The molecule has 3 aliphatic rings. The van der Waals surface area contributed by atoms with Crippen molar-refractivity contribution in [3.8, 4) is 16.8 Å². The third kappa shape index (κ3) is 4.88. The topological polar surface area (TPSA) is 4.93 Å². The Bertz CT molecular complexity index is 1590. The summed E-state index contributed by atoms with van der Waals surface area (Å²) in [4.78, 5) is 0. The summed E-state index contributed by atoms with van der Waals surface area (Å²) in [5.41, 5.74) is 12.1. The van der Waals surface area contributed by atoms with Crippen molar-refractivity contribution in [1.82, 2.24) is 4.57 Å². The van der Waals surface area contributed by atoms with E-state index in [1.54, 1.807) is 16.3 Å². The Hall–Kier alpha value is -2.03. The number of nitrogens with zero attached hydrogens (tertiary/aromatic N) is 1. The van der Waals surface area contributed by atoms with Crippen LogP contribution in [-0.2, 0) is 26.2 Å². The molecule has 1 unspecified atom stereocenters. The van der Waals surface area contributed by atoms with Crippen LogP contribution in [-0.4, -0.2) is 12.6 Å². The van der Waals surface area contributed by atoms with Crippen molar-refractivity contribution in [2.24, 2.45) is 0 Å². The first-order valence-electron chi connectivity index (χ1n) is 12.6. The number of fused-ring (bicyclic) bond motifs is 1. The fraction of sp³-hybridized carbons (Fsp3) is 0.182. The van der Waals surface area contributed by atoms with Gasteiger partial charge in [0.1, 0.15) is 0 Å². The molecule has 1 aliphatic carbocycles. The molecule has 0 saturated heterocycles. The Labute approximate surface area is 259 Å². The molecule has 1 nitrogen and oxygen atoms in total. The van der Waals surface area contributed by atoms with Crippen molar-refractivity contribution in [3.63, 3.8) is 0 Å². The van der Waals surface area contributed by atoms with Gasteiger partial charge in [0.15, 0.2) is 0 Å². The standard InChI is InChI=1S/C17H15.C16H17NSi.2ClH.Zr/c1-12-6-8-14(9-7-12)16-5-3-4-15-10-13(2)11-17(15)16;1-11-15-13-9-10-17(12-7-5-4-6-8-12)14(13)16(11)18(15,2)3;;;/h3-11H,1-2H3;4-10,15H,1-3H3;2*1H;/q-1;;;;+3/p-2. The molecule has 1 atom stereocenters. The number of rotatable bonds is 2. The predicted octanol–water partition coefficient (Wildman–Crippen LogP) is 3.00. The number of aromatic nitrogens is 1. The van der Waals surface area contributed by atoms with Gasteiger partial charge in [0.25, 0.3) is 0 Å². The first-order valence-corrected chi connectivity index (χ1v) is 15.7. The van der Waals surface area contributed by atoms with E-state index in [1.165, 1.54) is 44.4 Å². The van der Waals surface area contributed by atoms with E-state index >= 15 is 0 Å². The quantitative estimate of drug-likeness (QED) is 0.209. The molecule has 1 radical (unpaired) electrons. The number of hydrogen-bond acceptors (Lipinski definition) is 0. The number of aryl methyl sites for hydroxylation is 2. The molecule has 0 amide bonds. The van der Waals surface area contributed by atoms with E-state index in [0.29, 0.717) is 0 Å². The Kier molecular flexibility index (Phi) is 9.32. The average molecular weight is 633 g/mol. The third-order valence-electron chi connectivity index (χ3n) is 7.95. The summed E-state index contributed by atoms with van der Waals surface area (Å²) in [5.74, 6) is 0. The van der Waals surface area contributed by atoms with Gasteiger partial charge in [-0.2, -0.15) is 6.07 Å². The third-order valence-corrected chi connectivity index (χ3v) is 12.1. The predicted molar refractivity (Wildman–Crippen MR) is 153 cm³/mol. The molecule has 3 heterocycles. The minimum atomic E-state index is -1.17. The summed E-state index contributed by atoms with van der Waals surface area (Å²) in [7, 11) is -1.17. The van der Waals surface area contributed by atoms with E-state index in [-0.39, 0.29) is 51.0 Å². The minimum Gasteiger partial charge on any atom is -1.00 e. The molecular weight excluding hydrogens is 601 g/mol. The van der Waals surface area contributed by atoms with Crippen molar-refractivity contribution in [3.05, 3.63) is 125 Å². The minimum absolute atomic E-state index is 0. The summed E-state index contributed by atoms with van der Waals surface area (Å²) in [6.07, 6.45) is 2.24. The second-order valence-corrected chi connectivity index (χ2v) is 15.3. The number of para-hydroxylation sites is 1. The van der Waals surface area contributed by atoms with Crippen LogP contribution in [0.5, 0.6) is 0 Å². The van der Waals surface area contributed by atoms with E-state index in [4.69, 9.17) is 0 Å². The molecule has 0 spiro atoms. The first kappa shape index (κ1) is 30.5. The normalized spacial score (nSPS) is 15.8. The maximum Gasteiger partial charge on any atom is 3.00 e. The molecule has 5 heteroatoms. The van der Waals surface area contributed by atoms with Gasteiger partial charge in [0, 0.05) is 23.1 Å². The van der Waals surface area contributed by atoms with Crippen molar-refractivity contribution in [1.29, 1.82) is 0 Å². The average Bonchev–Trinajstić information content (AvgIpc) is 3.56. The van der Waals surface area contributed by atoms with Gasteiger partial charge in [-0.05, 0) is 48.4 Å². The molecule has 4 aromatic carbocycles. The largest absolute Gasteiger partial charge is 3.00 e. The summed E-state index contributed by atoms with van der Waals surface area (Å²) >= 11 is 0. The maximum atomic E-state index is 2.51. The number of allylic oxidation sites excluding steroid dienone is 1. The summed E-state index contributed by atoms with van der Waals surface area (Å²) in [6, 6.07) is 32.8. The second kappa shape index (κ2) is 11.6. The van der Waals surface area contributed by atoms with Gasteiger partial charge >= 0.3 is 26.2 Å². The SMILES string of the molecule is CC1=C2c3c(ccn3-c3ccccc3)C1[Si]2(C)C.Cc1ccc(-c2cccc3[cH-]c(C)cc23)cc1.[Cl-].[Cl-].[Zr+3]. The van der Waals surface area contributed by atoms with Gasteiger partial charge in [0.05, 0.1) is 8.07 Å². The second-order valence-electron chi connectivity index (χ2n) is 10.7. The van der Waals surface area contributed by atoms with Gasteiger partial charge in [0.2, 0.25) is 0 Å². The molecule has 191 valence electrons. The molecule has 5 aromatic rings. The van der Waals surface area contributed by atoms with Crippen LogP contribution in [0.15, 0.2) is 103 Å². The molecule has 0 saturated carbocycles. The Morgan fingerprint density at radius 1 is 0.789 bits per heavy atom. The molecule has 8 rings (SSSR count). The van der Waals surface area contributed by atoms with E-state index < -0.39 is 8.07 Å². The van der Waals surface area contributed by atoms with Crippen LogP contribution >= 0.6 is 0 Å². The van der Waals surface area contributed by atoms with Crippen LogP contribution in [0.4, 0.5) is 0 Å². The molecule has 0 fully saturated rings. The molecule has 2 aliphatic heterocycles. The van der Waals surface area contributed by atoms with Gasteiger partial charge in [-0.1, -0.05) is 85.2 Å². The van der Waals surface area contributed by atoms with Crippen molar-refractivity contribution in [2.75, 3.05) is 0 Å². The fourth-order valence-electron chi connectivity index (χ4n) is 6.49. The van der Waals surface area contributed by atoms with Crippen LogP contribution in [0.2, 0.25) is 13.1 Å². The number of benzene rings is 3. The van der Waals surface area contributed by atoms with Gasteiger partial charge in [-0.15, -0.1) is 34.5 Å². The van der Waals surface area contributed by atoms with Crippen LogP contribution in [0.25, 0.3) is 32.8 Å². The summed E-state index contributed by atoms with van der Waals surface area (Å²) < 4.78 is 2.38. The Morgan fingerprint density at radius 2 is 1.47 bits per heavy atom. The maximum absolute atomic E-state index is 2.51. The molecule has 2 bridgehead atoms. The van der Waals surface area contributed by atoms with E-state index in [1.807, 2.05) is 0 Å². The van der Waals surface area contributed by atoms with Crippen molar-refractivity contribution in [2.45, 2.75) is 39.4 Å². The van der Waals surface area contributed by atoms with Crippen molar-refractivity contribution < 1.29 is 51.0 Å². The molecule has 38 heavy (non-hydrogen) atoms. The Balaban J connectivity index is 0.000000195. The molecular formula is C33H32Cl2NSiZr. The summed E-state index contributed by atoms with van der Waals surface area (Å²) in [5, 5.41) is 4.39. The van der Waals surface area contributed by atoms with E-state index in [0.717, 1.165) is 5.54 Å². The van der Waals surface area contributed by atoms with Crippen LogP contribution < -0.4 is 24.8 Å². The van der Waals surface area contributed by atoms with Gasteiger partial charge in [-0.3, -0.25) is 0 Å². The van der Waals surface area contributed by atoms with Crippen LogP contribution in [0.3, 0.4) is 0 Å². The van der Waals surface area contributed by atoms with E-state index in [9.17, 15) is 0 Å². The molecule has 0 N–H and O–H groups in total. The zero-order valence-corrected chi connectivity index (χ0v) is 27.5. The fourth-order valence-corrected chi connectivity index (χ4v) is 10.8. The first-order chi connectivity index (χ1) is 16.9.